The van der Waals surface area contributed by atoms with Crippen molar-refractivity contribution in [3.8, 4) is 6.07 Å². The highest BCUT2D eigenvalue weighted by atomic mass is 35.5. The van der Waals surface area contributed by atoms with E-state index in [0.717, 1.165) is 18.7 Å². The molecule has 0 saturated heterocycles. The summed E-state index contributed by atoms with van der Waals surface area (Å²) in [6.07, 6.45) is 3.46. The van der Waals surface area contributed by atoms with Crippen LogP contribution in [-0.4, -0.2) is 9.97 Å². The minimum Gasteiger partial charge on any atom is -0.240 e. The van der Waals surface area contributed by atoms with E-state index in [4.69, 9.17) is 16.9 Å². The van der Waals surface area contributed by atoms with Crippen molar-refractivity contribution in [1.29, 1.82) is 5.26 Å². The Morgan fingerprint density at radius 2 is 2.14 bits per heavy atom. The van der Waals surface area contributed by atoms with Gasteiger partial charge in [-0.2, -0.15) is 5.26 Å². The largest absolute Gasteiger partial charge is 0.240 e. The molecule has 0 unspecified atom stereocenters. The molecule has 0 radical (unpaired) electrons. The van der Waals surface area contributed by atoms with Gasteiger partial charge >= 0.3 is 0 Å². The number of nitrogens with zero attached hydrogens (tertiary/aromatic N) is 3. The van der Waals surface area contributed by atoms with Crippen molar-refractivity contribution in [2.75, 3.05) is 0 Å². The minimum atomic E-state index is 0.254. The van der Waals surface area contributed by atoms with Gasteiger partial charge in [0.2, 0.25) is 0 Å². The smallest absolute Gasteiger partial charge is 0.150 e. The van der Waals surface area contributed by atoms with Crippen LogP contribution in [0.15, 0.2) is 6.20 Å². The topological polar surface area (TPSA) is 49.6 Å². The van der Waals surface area contributed by atoms with Crippen molar-refractivity contribution in [3.05, 3.63) is 22.7 Å². The Morgan fingerprint density at radius 1 is 1.50 bits per heavy atom. The molecule has 0 aliphatic carbocycles. The van der Waals surface area contributed by atoms with E-state index in [1.165, 1.54) is 6.20 Å². The van der Waals surface area contributed by atoms with E-state index in [9.17, 15) is 0 Å². The molecule has 74 valence electrons. The molecule has 1 rings (SSSR count). The van der Waals surface area contributed by atoms with Crippen LogP contribution in [0.25, 0.3) is 0 Å². The molecular weight excluding hydrogens is 198 g/mol. The van der Waals surface area contributed by atoms with Gasteiger partial charge in [-0.25, -0.2) is 9.97 Å². The molecule has 1 heterocycles. The monoisotopic (exact) mass is 209 g/mol. The Balaban J connectivity index is 3.02. The zero-order chi connectivity index (χ0) is 10.6. The van der Waals surface area contributed by atoms with E-state index >= 15 is 0 Å². The maximum Gasteiger partial charge on any atom is 0.150 e. The molecule has 0 fully saturated rings. The quantitative estimate of drug-likeness (QED) is 0.720. The van der Waals surface area contributed by atoms with Gasteiger partial charge in [0.25, 0.3) is 0 Å². The van der Waals surface area contributed by atoms with Gasteiger partial charge in [0, 0.05) is 12.1 Å². The Kier molecular flexibility index (Phi) is 3.84. The van der Waals surface area contributed by atoms with Crippen molar-refractivity contribution >= 4 is 11.6 Å². The zero-order valence-electron chi connectivity index (χ0n) is 8.29. The summed E-state index contributed by atoms with van der Waals surface area (Å²) in [7, 11) is 0. The molecule has 0 bridgehead atoms. The highest BCUT2D eigenvalue weighted by Gasteiger charge is 2.12. The Morgan fingerprint density at radius 3 is 2.57 bits per heavy atom. The molecule has 1 aromatic heterocycles. The predicted molar refractivity (Wildman–Crippen MR) is 55.1 cm³/mol. The molecule has 0 amide bonds. The fourth-order valence-corrected chi connectivity index (χ4v) is 1.48. The van der Waals surface area contributed by atoms with Crippen LogP contribution in [0.5, 0.6) is 0 Å². The summed E-state index contributed by atoms with van der Waals surface area (Å²) in [4.78, 5) is 8.25. The van der Waals surface area contributed by atoms with Gasteiger partial charge in [0.1, 0.15) is 17.5 Å². The second-order valence-electron chi connectivity index (χ2n) is 3.06. The third-order valence-corrected chi connectivity index (χ3v) is 2.52. The van der Waals surface area contributed by atoms with Gasteiger partial charge in [0.15, 0.2) is 5.15 Å². The molecule has 0 aliphatic rings. The predicted octanol–water partition coefficient (Wildman–Crippen LogP) is 2.91. The molecule has 0 aromatic carbocycles. The normalized spacial score (nSPS) is 10.2. The Labute approximate surface area is 88.8 Å². The van der Waals surface area contributed by atoms with Gasteiger partial charge < -0.3 is 0 Å². The minimum absolute atomic E-state index is 0.254. The van der Waals surface area contributed by atoms with E-state index in [2.05, 4.69) is 23.8 Å². The summed E-state index contributed by atoms with van der Waals surface area (Å²) in [6, 6.07) is 1.94. The van der Waals surface area contributed by atoms with Gasteiger partial charge in [-0.15, -0.1) is 0 Å². The van der Waals surface area contributed by atoms with Gasteiger partial charge in [0.05, 0.1) is 0 Å². The fourth-order valence-electron chi connectivity index (χ4n) is 1.30. The van der Waals surface area contributed by atoms with E-state index < -0.39 is 0 Å². The molecule has 14 heavy (non-hydrogen) atoms. The summed E-state index contributed by atoms with van der Waals surface area (Å²) in [5.41, 5.74) is 0.335. The van der Waals surface area contributed by atoms with Gasteiger partial charge in [-0.3, -0.25) is 0 Å². The number of nitriles is 1. The molecule has 3 nitrogen and oxygen atoms in total. The summed E-state index contributed by atoms with van der Waals surface area (Å²) >= 11 is 5.81. The number of rotatable bonds is 3. The highest BCUT2D eigenvalue weighted by Crippen LogP contribution is 2.21. The fraction of sp³-hybridized carbons (Fsp3) is 0.500. The van der Waals surface area contributed by atoms with Crippen molar-refractivity contribution < 1.29 is 0 Å². The third-order valence-electron chi connectivity index (χ3n) is 2.23. The number of hydrogen-bond acceptors (Lipinski definition) is 3. The number of aromatic nitrogens is 2. The highest BCUT2D eigenvalue weighted by molar-refractivity contribution is 6.30. The lowest BCUT2D eigenvalue weighted by molar-refractivity contribution is 0.601. The van der Waals surface area contributed by atoms with E-state index in [-0.39, 0.29) is 5.15 Å². The molecule has 0 spiro atoms. The van der Waals surface area contributed by atoms with Crippen LogP contribution in [0.1, 0.15) is 44.0 Å². The summed E-state index contributed by atoms with van der Waals surface area (Å²) < 4.78 is 0. The van der Waals surface area contributed by atoms with Crippen LogP contribution in [0.4, 0.5) is 0 Å². The zero-order valence-corrected chi connectivity index (χ0v) is 9.04. The summed E-state index contributed by atoms with van der Waals surface area (Å²) in [5.74, 6) is 1.07. The van der Waals surface area contributed by atoms with Crippen molar-refractivity contribution in [2.45, 2.75) is 32.6 Å². The SMILES string of the molecule is CCC(CC)c1ncc(C#N)c(Cl)n1. The van der Waals surface area contributed by atoms with Crippen LogP contribution in [0.3, 0.4) is 0 Å². The first-order valence-corrected chi connectivity index (χ1v) is 5.03. The third kappa shape index (κ3) is 2.21. The average Bonchev–Trinajstić information content (AvgIpc) is 2.20. The van der Waals surface area contributed by atoms with Crippen molar-refractivity contribution in [3.63, 3.8) is 0 Å². The van der Waals surface area contributed by atoms with Crippen LogP contribution in [0, 0.1) is 11.3 Å². The number of hydrogen-bond donors (Lipinski definition) is 0. The average molecular weight is 210 g/mol. The lowest BCUT2D eigenvalue weighted by Gasteiger charge is -2.10. The second kappa shape index (κ2) is 4.92. The molecule has 0 atom stereocenters. The first-order chi connectivity index (χ1) is 6.72. The van der Waals surface area contributed by atoms with Crippen molar-refractivity contribution in [1.82, 2.24) is 9.97 Å². The second-order valence-corrected chi connectivity index (χ2v) is 3.42. The lowest BCUT2D eigenvalue weighted by atomic mass is 10.0. The van der Waals surface area contributed by atoms with Gasteiger partial charge in [-0.05, 0) is 12.8 Å². The Bertz CT molecular complexity index is 353. The maximum absolute atomic E-state index is 8.65. The maximum atomic E-state index is 8.65. The van der Waals surface area contributed by atoms with Crippen LogP contribution >= 0.6 is 11.6 Å². The van der Waals surface area contributed by atoms with E-state index in [0.29, 0.717) is 11.5 Å². The molecule has 0 saturated carbocycles. The summed E-state index contributed by atoms with van der Waals surface area (Å²) in [5, 5.41) is 8.90. The van der Waals surface area contributed by atoms with E-state index in [1.54, 1.807) is 0 Å². The molecule has 0 aliphatic heterocycles. The summed E-state index contributed by atoms with van der Waals surface area (Å²) in [6.45, 7) is 4.17. The molecule has 1 aromatic rings. The first kappa shape index (κ1) is 10.9. The van der Waals surface area contributed by atoms with Crippen molar-refractivity contribution in [2.24, 2.45) is 0 Å². The molecule has 4 heteroatoms. The molecular formula is C10H12ClN3. The van der Waals surface area contributed by atoms with Crippen LogP contribution in [0.2, 0.25) is 5.15 Å². The number of halogens is 1. The van der Waals surface area contributed by atoms with Crippen LogP contribution in [-0.2, 0) is 0 Å². The first-order valence-electron chi connectivity index (χ1n) is 4.65. The Hall–Kier alpha value is -1.14. The van der Waals surface area contributed by atoms with Gasteiger partial charge in [-0.1, -0.05) is 25.4 Å². The lowest BCUT2D eigenvalue weighted by Crippen LogP contribution is -2.03. The molecule has 0 N–H and O–H groups in total. The van der Waals surface area contributed by atoms with E-state index in [1.807, 2.05) is 6.07 Å². The van der Waals surface area contributed by atoms with Crippen LogP contribution < -0.4 is 0 Å². The standard InChI is InChI=1S/C10H12ClN3/c1-3-7(4-2)10-13-6-8(5-12)9(11)14-10/h6-7H,3-4H2,1-2H3.